The number of H-pyrrole nitrogens is 1. The number of rotatable bonds is 3. The summed E-state index contributed by atoms with van der Waals surface area (Å²) in [6.07, 6.45) is 0. The van der Waals surface area contributed by atoms with Gasteiger partial charge in [-0.25, -0.2) is 4.68 Å². The molecular formula is C11H9BrCl2N2O2. The van der Waals surface area contributed by atoms with Crippen molar-refractivity contribution in [2.45, 2.75) is 6.61 Å². The van der Waals surface area contributed by atoms with Gasteiger partial charge in [0, 0.05) is 12.1 Å². The summed E-state index contributed by atoms with van der Waals surface area (Å²) < 4.78 is 6.77. The zero-order chi connectivity index (χ0) is 13.3. The van der Waals surface area contributed by atoms with Crippen molar-refractivity contribution >= 4 is 39.1 Å². The van der Waals surface area contributed by atoms with Gasteiger partial charge >= 0.3 is 0 Å². The van der Waals surface area contributed by atoms with Crippen LogP contribution in [0.5, 0.6) is 0 Å². The van der Waals surface area contributed by atoms with Crippen molar-refractivity contribution < 1.29 is 4.74 Å². The number of nitrogens with zero attached hydrogens (tertiary/aromatic N) is 1. The minimum absolute atomic E-state index is 0.230. The maximum absolute atomic E-state index is 12.0. The summed E-state index contributed by atoms with van der Waals surface area (Å²) in [6, 6.07) is 4.92. The molecule has 0 radical (unpaired) electrons. The molecule has 0 amide bonds. The lowest BCUT2D eigenvalue weighted by Crippen LogP contribution is -2.15. The average molecular weight is 352 g/mol. The van der Waals surface area contributed by atoms with Gasteiger partial charge in [0.25, 0.3) is 5.56 Å². The number of ether oxygens (including phenoxy) is 1. The smallest absolute Gasteiger partial charge is 0.285 e. The van der Waals surface area contributed by atoms with Gasteiger partial charge in [0.05, 0.1) is 23.0 Å². The van der Waals surface area contributed by atoms with Crippen molar-refractivity contribution in [3.8, 4) is 5.69 Å². The van der Waals surface area contributed by atoms with Crippen LogP contribution in [0.25, 0.3) is 5.69 Å². The van der Waals surface area contributed by atoms with Gasteiger partial charge in [0.2, 0.25) is 0 Å². The van der Waals surface area contributed by atoms with E-state index in [4.69, 9.17) is 27.9 Å². The molecule has 7 heteroatoms. The zero-order valence-electron chi connectivity index (χ0n) is 9.34. The van der Waals surface area contributed by atoms with E-state index in [0.717, 1.165) is 0 Å². The number of aromatic nitrogens is 2. The molecule has 4 nitrogen and oxygen atoms in total. The Labute approximate surface area is 122 Å². The molecular weight excluding hydrogens is 343 g/mol. The van der Waals surface area contributed by atoms with E-state index in [2.05, 4.69) is 21.0 Å². The highest BCUT2D eigenvalue weighted by Crippen LogP contribution is 2.24. The predicted octanol–water partition coefficient (Wildman–Crippen LogP) is 3.38. The summed E-state index contributed by atoms with van der Waals surface area (Å²) in [5.41, 5.74) is 0.953. The second-order valence-electron chi connectivity index (χ2n) is 3.57. The van der Waals surface area contributed by atoms with Crippen molar-refractivity contribution in [1.29, 1.82) is 0 Å². The SMILES string of the molecule is COCc1[nH]n(-c2ccc(Cl)cc2Cl)c(=O)c1Br. The number of hydrogen-bond donors (Lipinski definition) is 1. The van der Waals surface area contributed by atoms with Crippen LogP contribution in [0, 0.1) is 0 Å². The van der Waals surface area contributed by atoms with E-state index in [1.165, 1.54) is 4.68 Å². The number of aromatic amines is 1. The van der Waals surface area contributed by atoms with Crippen LogP contribution in [0.15, 0.2) is 27.5 Å². The van der Waals surface area contributed by atoms with Gasteiger partial charge in [-0.15, -0.1) is 0 Å². The van der Waals surface area contributed by atoms with Crippen LogP contribution in [0.4, 0.5) is 0 Å². The molecule has 0 aliphatic carbocycles. The first kappa shape index (κ1) is 13.7. The monoisotopic (exact) mass is 350 g/mol. The highest BCUT2D eigenvalue weighted by atomic mass is 79.9. The number of nitrogens with one attached hydrogen (secondary N) is 1. The molecule has 1 heterocycles. The first-order chi connectivity index (χ1) is 8.54. The summed E-state index contributed by atoms with van der Waals surface area (Å²) >= 11 is 15.1. The van der Waals surface area contributed by atoms with Crippen LogP contribution in [0.3, 0.4) is 0 Å². The van der Waals surface area contributed by atoms with E-state index in [-0.39, 0.29) is 5.56 Å². The topological polar surface area (TPSA) is 47.0 Å². The normalized spacial score (nSPS) is 10.9. The van der Waals surface area contributed by atoms with Gasteiger partial charge in [0.1, 0.15) is 4.47 Å². The molecule has 96 valence electrons. The Hall–Kier alpha value is -0.750. The van der Waals surface area contributed by atoms with Crippen molar-refractivity contribution in [2.24, 2.45) is 0 Å². The number of halogens is 3. The summed E-state index contributed by atoms with van der Waals surface area (Å²) in [5.74, 6) is 0. The Bertz CT molecular complexity index is 636. The summed E-state index contributed by atoms with van der Waals surface area (Å²) in [4.78, 5) is 12.0. The summed E-state index contributed by atoms with van der Waals surface area (Å²) in [6.45, 7) is 0.300. The van der Waals surface area contributed by atoms with Crippen molar-refractivity contribution in [3.63, 3.8) is 0 Å². The molecule has 1 aromatic carbocycles. The fraction of sp³-hybridized carbons (Fsp3) is 0.182. The first-order valence-corrected chi connectivity index (χ1v) is 6.53. The molecule has 2 rings (SSSR count). The zero-order valence-corrected chi connectivity index (χ0v) is 12.4. The van der Waals surface area contributed by atoms with Crippen LogP contribution in [-0.4, -0.2) is 16.9 Å². The maximum Gasteiger partial charge on any atom is 0.285 e. The Morgan fingerprint density at radius 2 is 2.17 bits per heavy atom. The molecule has 0 atom stereocenters. The average Bonchev–Trinajstić information content (AvgIpc) is 2.58. The standard InChI is InChI=1S/C11H9BrCl2N2O2/c1-18-5-8-10(12)11(17)16(15-8)9-3-2-6(13)4-7(9)14/h2-4,15H,5H2,1H3. The fourth-order valence-electron chi connectivity index (χ4n) is 1.53. The second-order valence-corrected chi connectivity index (χ2v) is 5.21. The van der Waals surface area contributed by atoms with E-state index in [1.807, 2.05) is 0 Å². The highest BCUT2D eigenvalue weighted by Gasteiger charge is 2.14. The van der Waals surface area contributed by atoms with Crippen LogP contribution in [-0.2, 0) is 11.3 Å². The van der Waals surface area contributed by atoms with Gasteiger partial charge in [-0.3, -0.25) is 9.89 Å². The molecule has 0 aliphatic rings. The first-order valence-electron chi connectivity index (χ1n) is 4.98. The van der Waals surface area contributed by atoms with Crippen molar-refractivity contribution in [3.05, 3.63) is 48.8 Å². The Balaban J connectivity index is 2.57. The number of benzene rings is 1. The van der Waals surface area contributed by atoms with E-state index in [0.29, 0.717) is 32.5 Å². The molecule has 0 spiro atoms. The van der Waals surface area contributed by atoms with E-state index in [9.17, 15) is 4.79 Å². The van der Waals surface area contributed by atoms with Crippen LogP contribution < -0.4 is 5.56 Å². The lowest BCUT2D eigenvalue weighted by atomic mass is 10.3. The molecule has 0 unspecified atom stereocenters. The molecule has 0 aliphatic heterocycles. The van der Waals surface area contributed by atoms with Gasteiger partial charge in [-0.1, -0.05) is 23.2 Å². The third-order valence-corrected chi connectivity index (χ3v) is 3.70. The maximum atomic E-state index is 12.0. The largest absolute Gasteiger partial charge is 0.378 e. The fourth-order valence-corrected chi connectivity index (χ4v) is 2.41. The highest BCUT2D eigenvalue weighted by molar-refractivity contribution is 9.10. The number of hydrogen-bond acceptors (Lipinski definition) is 2. The van der Waals surface area contributed by atoms with Crippen molar-refractivity contribution in [1.82, 2.24) is 9.78 Å². The third-order valence-electron chi connectivity index (χ3n) is 2.34. The molecule has 1 N–H and O–H groups in total. The Kier molecular flexibility index (Phi) is 4.17. The molecule has 0 saturated heterocycles. The van der Waals surface area contributed by atoms with E-state index < -0.39 is 0 Å². The van der Waals surface area contributed by atoms with Crippen LogP contribution in [0.1, 0.15) is 5.69 Å². The van der Waals surface area contributed by atoms with Gasteiger partial charge in [-0.2, -0.15) is 0 Å². The van der Waals surface area contributed by atoms with Crippen LogP contribution >= 0.6 is 39.1 Å². The van der Waals surface area contributed by atoms with Gasteiger partial charge in [0.15, 0.2) is 0 Å². The Morgan fingerprint density at radius 3 is 2.78 bits per heavy atom. The minimum atomic E-state index is -0.230. The summed E-state index contributed by atoms with van der Waals surface area (Å²) in [7, 11) is 1.55. The lowest BCUT2D eigenvalue weighted by Gasteiger charge is -2.04. The molecule has 0 bridgehead atoms. The number of methoxy groups -OCH3 is 1. The molecule has 2 aromatic rings. The molecule has 18 heavy (non-hydrogen) atoms. The lowest BCUT2D eigenvalue weighted by molar-refractivity contribution is 0.180. The van der Waals surface area contributed by atoms with Crippen LogP contribution in [0.2, 0.25) is 10.0 Å². The predicted molar refractivity (Wildman–Crippen MR) is 74.8 cm³/mol. The molecule has 1 aromatic heterocycles. The van der Waals surface area contributed by atoms with E-state index in [1.54, 1.807) is 25.3 Å². The van der Waals surface area contributed by atoms with Gasteiger partial charge < -0.3 is 4.74 Å². The Morgan fingerprint density at radius 1 is 1.44 bits per heavy atom. The van der Waals surface area contributed by atoms with Gasteiger partial charge in [-0.05, 0) is 34.1 Å². The minimum Gasteiger partial charge on any atom is -0.378 e. The summed E-state index contributed by atoms with van der Waals surface area (Å²) in [5, 5.41) is 3.84. The molecule has 0 saturated carbocycles. The van der Waals surface area contributed by atoms with Crippen molar-refractivity contribution in [2.75, 3.05) is 7.11 Å². The second kappa shape index (κ2) is 5.48. The quantitative estimate of drug-likeness (QED) is 0.921. The van der Waals surface area contributed by atoms with E-state index >= 15 is 0 Å². The molecule has 0 fully saturated rings. The third kappa shape index (κ3) is 2.49.